The molecule has 5 heteroatoms. The van der Waals surface area contributed by atoms with Crippen molar-refractivity contribution in [2.75, 3.05) is 0 Å². The van der Waals surface area contributed by atoms with Crippen LogP contribution in [0.25, 0.3) is 6.08 Å². The zero-order chi connectivity index (χ0) is 15.5. The molecule has 5 nitrogen and oxygen atoms in total. The van der Waals surface area contributed by atoms with E-state index in [2.05, 4.69) is 0 Å². The summed E-state index contributed by atoms with van der Waals surface area (Å²) in [5.41, 5.74) is 1.75. The van der Waals surface area contributed by atoms with E-state index in [9.17, 15) is 14.9 Å². The smallest absolute Gasteiger partial charge is 0.269 e. The largest absolute Gasteiger partial charge is 0.356 e. The predicted molar refractivity (Wildman–Crippen MR) is 81.2 cm³/mol. The highest BCUT2D eigenvalue weighted by Gasteiger charge is 2.44. The van der Waals surface area contributed by atoms with Crippen LogP contribution < -0.4 is 0 Å². The minimum absolute atomic E-state index is 0.0261. The number of rotatable bonds is 5. The van der Waals surface area contributed by atoms with Gasteiger partial charge in [0, 0.05) is 12.1 Å². The Morgan fingerprint density at radius 2 is 1.77 bits per heavy atom. The maximum Gasteiger partial charge on any atom is 0.269 e. The molecule has 3 rings (SSSR count). The van der Waals surface area contributed by atoms with Crippen LogP contribution in [0.3, 0.4) is 0 Å². The van der Waals surface area contributed by atoms with E-state index >= 15 is 0 Å². The van der Waals surface area contributed by atoms with Crippen molar-refractivity contribution in [3.8, 4) is 0 Å². The van der Waals surface area contributed by atoms with E-state index in [1.54, 1.807) is 18.2 Å². The number of hydrogen-bond acceptors (Lipinski definition) is 4. The van der Waals surface area contributed by atoms with Crippen molar-refractivity contribution in [1.29, 1.82) is 0 Å². The third kappa shape index (κ3) is 3.10. The number of nitro benzene ring substituents is 1. The zero-order valence-corrected chi connectivity index (χ0v) is 11.6. The van der Waals surface area contributed by atoms with Gasteiger partial charge in [-0.15, -0.1) is 0 Å². The van der Waals surface area contributed by atoms with Crippen molar-refractivity contribution >= 4 is 17.5 Å². The maximum atomic E-state index is 12.0. The molecule has 1 aliphatic rings. The standard InChI is InChI=1S/C17H13NO4/c19-15(17-16(22-17)13-4-2-1-3-5-13)11-8-12-6-9-14(10-7-12)18(20)21/h1-11,16-17H/b11-8+. The first kappa shape index (κ1) is 14.2. The first-order valence-corrected chi connectivity index (χ1v) is 6.82. The Bertz CT molecular complexity index is 722. The van der Waals surface area contributed by atoms with E-state index in [1.807, 2.05) is 30.3 Å². The molecule has 1 heterocycles. The van der Waals surface area contributed by atoms with Gasteiger partial charge in [-0.3, -0.25) is 14.9 Å². The number of hydrogen-bond donors (Lipinski definition) is 0. The Morgan fingerprint density at radius 3 is 2.41 bits per heavy atom. The molecule has 0 radical (unpaired) electrons. The van der Waals surface area contributed by atoms with Gasteiger partial charge in [-0.2, -0.15) is 0 Å². The van der Waals surface area contributed by atoms with Gasteiger partial charge in [0.25, 0.3) is 5.69 Å². The van der Waals surface area contributed by atoms with Gasteiger partial charge < -0.3 is 4.74 Å². The van der Waals surface area contributed by atoms with Crippen molar-refractivity contribution in [3.63, 3.8) is 0 Å². The maximum absolute atomic E-state index is 12.0. The number of non-ortho nitro benzene ring substituents is 1. The van der Waals surface area contributed by atoms with Gasteiger partial charge in [-0.1, -0.05) is 36.4 Å². The SMILES string of the molecule is O=C(/C=C/c1ccc([N+](=O)[O-])cc1)C1OC1c1ccccc1. The Hall–Kier alpha value is -2.79. The summed E-state index contributed by atoms with van der Waals surface area (Å²) in [4.78, 5) is 22.1. The second kappa shape index (κ2) is 5.91. The number of benzene rings is 2. The molecule has 1 saturated heterocycles. The molecule has 2 aromatic rings. The van der Waals surface area contributed by atoms with Crippen LogP contribution in [0.2, 0.25) is 0 Å². The van der Waals surface area contributed by atoms with Crippen molar-refractivity contribution in [3.05, 3.63) is 81.9 Å². The molecule has 0 bridgehead atoms. The predicted octanol–water partition coefficient (Wildman–Crippen LogP) is 3.32. The summed E-state index contributed by atoms with van der Waals surface area (Å²) in [7, 11) is 0. The highest BCUT2D eigenvalue weighted by molar-refractivity contribution is 5.99. The summed E-state index contributed by atoms with van der Waals surface area (Å²) in [5, 5.41) is 10.6. The van der Waals surface area contributed by atoms with Gasteiger partial charge in [0.05, 0.1) is 4.92 Å². The molecule has 2 atom stereocenters. The number of carbonyl (C=O) groups excluding carboxylic acids is 1. The third-order valence-electron chi connectivity index (χ3n) is 3.44. The minimum atomic E-state index is -0.457. The van der Waals surface area contributed by atoms with Gasteiger partial charge in [0.15, 0.2) is 11.9 Å². The van der Waals surface area contributed by atoms with Crippen molar-refractivity contribution in [2.24, 2.45) is 0 Å². The Kier molecular flexibility index (Phi) is 3.80. The molecule has 2 unspecified atom stereocenters. The Morgan fingerprint density at radius 1 is 1.09 bits per heavy atom. The van der Waals surface area contributed by atoms with E-state index in [-0.39, 0.29) is 17.6 Å². The molecule has 0 N–H and O–H groups in total. The van der Waals surface area contributed by atoms with E-state index in [1.165, 1.54) is 18.2 Å². The van der Waals surface area contributed by atoms with Gasteiger partial charge >= 0.3 is 0 Å². The van der Waals surface area contributed by atoms with E-state index in [0.29, 0.717) is 0 Å². The fourth-order valence-corrected chi connectivity index (χ4v) is 2.21. The summed E-state index contributed by atoms with van der Waals surface area (Å²) in [5.74, 6) is -0.104. The first-order valence-electron chi connectivity index (χ1n) is 6.82. The van der Waals surface area contributed by atoms with Gasteiger partial charge in [0.2, 0.25) is 0 Å². The van der Waals surface area contributed by atoms with Crippen LogP contribution in [0.5, 0.6) is 0 Å². The lowest BCUT2D eigenvalue weighted by molar-refractivity contribution is -0.384. The summed E-state index contributed by atoms with van der Waals surface area (Å²) >= 11 is 0. The van der Waals surface area contributed by atoms with E-state index in [4.69, 9.17) is 4.74 Å². The highest BCUT2D eigenvalue weighted by Crippen LogP contribution is 2.39. The molecular weight excluding hydrogens is 282 g/mol. The van der Waals surface area contributed by atoms with Crippen LogP contribution in [-0.2, 0) is 9.53 Å². The molecule has 2 aromatic carbocycles. The zero-order valence-electron chi connectivity index (χ0n) is 11.6. The lowest BCUT2D eigenvalue weighted by atomic mass is 10.1. The second-order valence-corrected chi connectivity index (χ2v) is 4.97. The molecule has 110 valence electrons. The highest BCUT2D eigenvalue weighted by atomic mass is 16.6. The Balaban J connectivity index is 1.62. The van der Waals surface area contributed by atoms with Crippen LogP contribution in [0.15, 0.2) is 60.7 Å². The molecule has 0 spiro atoms. The quantitative estimate of drug-likeness (QED) is 0.367. The summed E-state index contributed by atoms with van der Waals surface area (Å²) < 4.78 is 5.41. The van der Waals surface area contributed by atoms with Crippen LogP contribution in [0, 0.1) is 10.1 Å². The fraction of sp³-hybridized carbons (Fsp3) is 0.118. The molecule has 1 aliphatic heterocycles. The molecule has 0 amide bonds. The molecule has 0 saturated carbocycles. The van der Waals surface area contributed by atoms with E-state index in [0.717, 1.165) is 11.1 Å². The van der Waals surface area contributed by atoms with Crippen molar-refractivity contribution in [1.82, 2.24) is 0 Å². The molecular formula is C17H13NO4. The third-order valence-corrected chi connectivity index (χ3v) is 3.44. The van der Waals surface area contributed by atoms with Crippen LogP contribution >= 0.6 is 0 Å². The second-order valence-electron chi connectivity index (χ2n) is 4.97. The number of ether oxygens (including phenoxy) is 1. The van der Waals surface area contributed by atoms with Crippen molar-refractivity contribution in [2.45, 2.75) is 12.2 Å². The lowest BCUT2D eigenvalue weighted by Crippen LogP contribution is -2.03. The average Bonchev–Trinajstić information content (AvgIpc) is 3.34. The van der Waals surface area contributed by atoms with Gasteiger partial charge in [0.1, 0.15) is 6.10 Å². The van der Waals surface area contributed by atoms with Crippen LogP contribution in [0.1, 0.15) is 17.2 Å². The van der Waals surface area contributed by atoms with Gasteiger partial charge in [-0.05, 0) is 29.3 Å². The number of carbonyl (C=O) groups is 1. The van der Waals surface area contributed by atoms with Crippen molar-refractivity contribution < 1.29 is 14.5 Å². The number of ketones is 1. The normalized spacial score (nSPS) is 20.0. The number of nitro groups is 1. The minimum Gasteiger partial charge on any atom is -0.356 e. The van der Waals surface area contributed by atoms with Gasteiger partial charge in [-0.25, -0.2) is 0 Å². The summed E-state index contributed by atoms with van der Waals surface area (Å²) in [6, 6.07) is 15.6. The summed E-state index contributed by atoms with van der Waals surface area (Å²) in [6.45, 7) is 0. The van der Waals surface area contributed by atoms with Crippen LogP contribution in [-0.4, -0.2) is 16.8 Å². The Labute approximate surface area is 127 Å². The van der Waals surface area contributed by atoms with E-state index < -0.39 is 11.0 Å². The number of nitrogens with zero attached hydrogens (tertiary/aromatic N) is 1. The topological polar surface area (TPSA) is 72.7 Å². The summed E-state index contributed by atoms with van der Waals surface area (Å²) in [6.07, 6.45) is 2.48. The average molecular weight is 295 g/mol. The molecule has 0 aliphatic carbocycles. The molecule has 1 fully saturated rings. The van der Waals surface area contributed by atoms with Crippen LogP contribution in [0.4, 0.5) is 5.69 Å². The lowest BCUT2D eigenvalue weighted by Gasteiger charge is -1.94. The number of epoxide rings is 1. The molecule has 22 heavy (non-hydrogen) atoms. The fourth-order valence-electron chi connectivity index (χ4n) is 2.21. The first-order chi connectivity index (χ1) is 10.6. The monoisotopic (exact) mass is 295 g/mol. The molecule has 0 aromatic heterocycles.